The first kappa shape index (κ1) is 31.2. The van der Waals surface area contributed by atoms with Crippen LogP contribution in [0.5, 0.6) is 5.75 Å². The summed E-state index contributed by atoms with van der Waals surface area (Å²) in [7, 11) is -2.67. The second kappa shape index (κ2) is 12.9. The zero-order chi connectivity index (χ0) is 29.7. The molecule has 2 amide bonds. The van der Waals surface area contributed by atoms with Gasteiger partial charge in [-0.1, -0.05) is 51.8 Å². The third-order valence-corrected chi connectivity index (χ3v) is 8.48. The largest absolute Gasteiger partial charge is 0.497 e. The SMILES string of the molecule is COc1cccc(N(CC(=O)N(Cc2ccc(Br)cc2)[C@@H](C)C(=O)NC(C)(C)C)S(=O)(=O)c2ccc(C)cc2)c1. The van der Waals surface area contributed by atoms with Crippen molar-refractivity contribution in [1.82, 2.24) is 10.2 Å². The zero-order valence-electron chi connectivity index (χ0n) is 23.6. The van der Waals surface area contributed by atoms with Gasteiger partial charge in [0.2, 0.25) is 11.8 Å². The van der Waals surface area contributed by atoms with E-state index in [2.05, 4.69) is 21.2 Å². The number of ether oxygens (including phenoxy) is 1. The molecule has 3 rings (SSSR count). The molecule has 0 saturated heterocycles. The number of hydrogen-bond acceptors (Lipinski definition) is 5. The molecule has 0 aliphatic carbocycles. The Morgan fingerprint density at radius 1 is 1.00 bits per heavy atom. The molecule has 0 unspecified atom stereocenters. The van der Waals surface area contributed by atoms with Crippen LogP contribution >= 0.6 is 15.9 Å². The molecule has 1 N–H and O–H groups in total. The average molecular weight is 631 g/mol. The molecule has 3 aromatic carbocycles. The highest BCUT2D eigenvalue weighted by Crippen LogP contribution is 2.28. The number of carbonyl (C=O) groups is 2. The highest BCUT2D eigenvalue weighted by atomic mass is 79.9. The first-order valence-corrected chi connectivity index (χ1v) is 15.0. The van der Waals surface area contributed by atoms with Gasteiger partial charge in [0.05, 0.1) is 17.7 Å². The summed E-state index contributed by atoms with van der Waals surface area (Å²) in [5.74, 6) is -0.427. The van der Waals surface area contributed by atoms with Gasteiger partial charge in [0.15, 0.2) is 0 Å². The molecule has 0 heterocycles. The van der Waals surface area contributed by atoms with E-state index in [-0.39, 0.29) is 23.0 Å². The van der Waals surface area contributed by atoms with Crippen LogP contribution in [0.4, 0.5) is 5.69 Å². The standard InChI is InChI=1S/C30H36BrN3O5S/c1-21-10-16-27(17-11-21)40(37,38)34(25-8-7-9-26(18-25)39-6)20-28(35)33(19-23-12-14-24(31)15-13-23)22(2)29(36)32-30(3,4)5/h7-18,22H,19-20H2,1-6H3,(H,32,36)/t22-/m0/s1. The summed E-state index contributed by atoms with van der Waals surface area (Å²) < 4.78 is 35.1. The molecule has 3 aromatic rings. The van der Waals surface area contributed by atoms with Crippen LogP contribution < -0.4 is 14.4 Å². The van der Waals surface area contributed by atoms with Gasteiger partial charge in [-0.25, -0.2) is 8.42 Å². The number of halogens is 1. The van der Waals surface area contributed by atoms with Gasteiger partial charge in [0.25, 0.3) is 10.0 Å². The lowest BCUT2D eigenvalue weighted by atomic mass is 10.1. The van der Waals surface area contributed by atoms with Gasteiger partial charge in [0, 0.05) is 22.6 Å². The summed E-state index contributed by atoms with van der Waals surface area (Å²) >= 11 is 3.42. The minimum absolute atomic E-state index is 0.0479. The summed E-state index contributed by atoms with van der Waals surface area (Å²) in [5, 5.41) is 2.92. The second-order valence-electron chi connectivity index (χ2n) is 10.6. The molecule has 0 saturated carbocycles. The van der Waals surface area contributed by atoms with Crippen LogP contribution in [0.3, 0.4) is 0 Å². The normalized spacial score (nSPS) is 12.4. The van der Waals surface area contributed by atoms with Crippen molar-refractivity contribution in [3.05, 3.63) is 88.4 Å². The van der Waals surface area contributed by atoms with Crippen molar-refractivity contribution in [3.8, 4) is 5.75 Å². The fraction of sp³-hybridized carbons (Fsp3) is 0.333. The minimum Gasteiger partial charge on any atom is -0.497 e. The van der Waals surface area contributed by atoms with Crippen molar-refractivity contribution >= 4 is 43.5 Å². The van der Waals surface area contributed by atoms with E-state index in [0.29, 0.717) is 5.75 Å². The smallest absolute Gasteiger partial charge is 0.264 e. The molecule has 0 radical (unpaired) electrons. The zero-order valence-corrected chi connectivity index (χ0v) is 26.0. The van der Waals surface area contributed by atoms with Gasteiger partial charge in [0.1, 0.15) is 18.3 Å². The molecule has 0 aromatic heterocycles. The molecule has 0 bridgehead atoms. The molecular formula is C30H36BrN3O5S. The Bertz CT molecular complexity index is 1440. The molecule has 10 heteroatoms. The first-order chi connectivity index (χ1) is 18.7. The summed E-state index contributed by atoms with van der Waals surface area (Å²) in [6, 6.07) is 19.5. The number of nitrogens with one attached hydrogen (secondary N) is 1. The van der Waals surface area contributed by atoms with E-state index >= 15 is 0 Å². The lowest BCUT2D eigenvalue weighted by Gasteiger charge is -2.33. The number of nitrogens with zero attached hydrogens (tertiary/aromatic N) is 2. The Labute approximate surface area is 245 Å². The van der Waals surface area contributed by atoms with Crippen molar-refractivity contribution in [3.63, 3.8) is 0 Å². The maximum Gasteiger partial charge on any atom is 0.264 e. The number of carbonyl (C=O) groups excluding carboxylic acids is 2. The minimum atomic E-state index is -4.15. The number of hydrogen-bond donors (Lipinski definition) is 1. The first-order valence-electron chi connectivity index (χ1n) is 12.8. The summed E-state index contributed by atoms with van der Waals surface area (Å²) in [4.78, 5) is 28.6. The Morgan fingerprint density at radius 2 is 1.62 bits per heavy atom. The van der Waals surface area contributed by atoms with E-state index in [0.717, 1.165) is 19.9 Å². The summed E-state index contributed by atoms with van der Waals surface area (Å²) in [6.45, 7) is 8.67. The lowest BCUT2D eigenvalue weighted by molar-refractivity contribution is -0.140. The molecule has 0 aliphatic heterocycles. The Hall–Kier alpha value is -3.37. The van der Waals surface area contributed by atoms with Crippen LogP contribution in [-0.2, 0) is 26.2 Å². The maximum absolute atomic E-state index is 14.0. The van der Waals surface area contributed by atoms with E-state index in [1.165, 1.54) is 24.1 Å². The molecule has 0 aliphatic rings. The Balaban J connectivity index is 2.05. The van der Waals surface area contributed by atoms with Gasteiger partial charge < -0.3 is 15.0 Å². The number of methoxy groups -OCH3 is 1. The highest BCUT2D eigenvalue weighted by molar-refractivity contribution is 9.10. The fourth-order valence-electron chi connectivity index (χ4n) is 3.97. The number of amides is 2. The number of rotatable bonds is 10. The van der Waals surface area contributed by atoms with Gasteiger partial charge >= 0.3 is 0 Å². The topological polar surface area (TPSA) is 96.0 Å². The van der Waals surface area contributed by atoms with Crippen LogP contribution in [0.2, 0.25) is 0 Å². The maximum atomic E-state index is 14.0. The molecular weight excluding hydrogens is 594 g/mol. The quantitative estimate of drug-likeness (QED) is 0.329. The van der Waals surface area contributed by atoms with Gasteiger partial charge in [-0.15, -0.1) is 0 Å². The number of aryl methyl sites for hydroxylation is 1. The van der Waals surface area contributed by atoms with Gasteiger partial charge in [-0.2, -0.15) is 0 Å². The van der Waals surface area contributed by atoms with Crippen LogP contribution in [0.15, 0.2) is 82.2 Å². The van der Waals surface area contributed by atoms with E-state index in [1.807, 2.05) is 52.0 Å². The Kier molecular flexibility index (Phi) is 10.0. The van der Waals surface area contributed by atoms with E-state index in [9.17, 15) is 18.0 Å². The Morgan fingerprint density at radius 3 is 2.20 bits per heavy atom. The van der Waals surface area contributed by atoms with Crippen molar-refractivity contribution in [2.24, 2.45) is 0 Å². The van der Waals surface area contributed by atoms with E-state index in [4.69, 9.17) is 4.74 Å². The van der Waals surface area contributed by atoms with Crippen LogP contribution in [0.25, 0.3) is 0 Å². The molecule has 8 nitrogen and oxygen atoms in total. The lowest BCUT2D eigenvalue weighted by Crippen LogP contribution is -2.54. The van der Waals surface area contributed by atoms with Crippen molar-refractivity contribution in [2.45, 2.75) is 57.6 Å². The van der Waals surface area contributed by atoms with Crippen molar-refractivity contribution < 1.29 is 22.7 Å². The van der Waals surface area contributed by atoms with Crippen molar-refractivity contribution in [1.29, 1.82) is 0 Å². The summed E-state index contributed by atoms with van der Waals surface area (Å²) in [6.07, 6.45) is 0. The number of sulfonamides is 1. The molecule has 1 atom stereocenters. The molecule has 0 fully saturated rings. The third kappa shape index (κ3) is 8.08. The highest BCUT2D eigenvalue weighted by Gasteiger charge is 2.33. The third-order valence-electron chi connectivity index (χ3n) is 6.16. The van der Waals surface area contributed by atoms with E-state index < -0.39 is 34.1 Å². The second-order valence-corrected chi connectivity index (χ2v) is 13.4. The predicted molar refractivity (Wildman–Crippen MR) is 161 cm³/mol. The average Bonchev–Trinajstić information content (AvgIpc) is 2.90. The van der Waals surface area contributed by atoms with Crippen molar-refractivity contribution in [2.75, 3.05) is 18.0 Å². The molecule has 40 heavy (non-hydrogen) atoms. The van der Waals surface area contributed by atoms with Crippen LogP contribution in [-0.4, -0.2) is 50.4 Å². The molecule has 214 valence electrons. The molecule has 0 spiro atoms. The fourth-order valence-corrected chi connectivity index (χ4v) is 5.65. The summed E-state index contributed by atoms with van der Waals surface area (Å²) in [5.41, 5.74) is 1.45. The van der Waals surface area contributed by atoms with Gasteiger partial charge in [-0.3, -0.25) is 13.9 Å². The number of anilines is 1. The number of benzene rings is 3. The predicted octanol–water partition coefficient (Wildman–Crippen LogP) is 5.29. The van der Waals surface area contributed by atoms with Crippen LogP contribution in [0, 0.1) is 6.92 Å². The monoisotopic (exact) mass is 629 g/mol. The van der Waals surface area contributed by atoms with E-state index in [1.54, 1.807) is 43.3 Å². The van der Waals surface area contributed by atoms with Gasteiger partial charge in [-0.05, 0) is 76.6 Å². The van der Waals surface area contributed by atoms with Crippen LogP contribution in [0.1, 0.15) is 38.8 Å².